The van der Waals surface area contributed by atoms with E-state index in [1.807, 2.05) is 36.4 Å². The number of amides is 1. The molecule has 3 aromatic carbocycles. The second-order valence-electron chi connectivity index (χ2n) is 8.19. The molecule has 5 nitrogen and oxygen atoms in total. The van der Waals surface area contributed by atoms with Crippen LogP contribution in [0.2, 0.25) is 0 Å². The third kappa shape index (κ3) is 6.11. The van der Waals surface area contributed by atoms with Crippen LogP contribution in [0.15, 0.2) is 78.9 Å². The van der Waals surface area contributed by atoms with E-state index in [0.717, 1.165) is 49.7 Å². The van der Waals surface area contributed by atoms with Gasteiger partial charge in [0.1, 0.15) is 5.75 Å². The Hall–Kier alpha value is -3.31. The minimum atomic E-state index is 0.0306. The van der Waals surface area contributed by atoms with Crippen molar-refractivity contribution in [3.05, 3.63) is 90.0 Å². The summed E-state index contributed by atoms with van der Waals surface area (Å²) in [6.07, 6.45) is 1.17. The molecule has 1 saturated heterocycles. The summed E-state index contributed by atoms with van der Waals surface area (Å²) in [5.74, 6) is 0.860. The molecule has 0 saturated carbocycles. The second kappa shape index (κ2) is 10.8. The Kier molecular flexibility index (Phi) is 7.41. The summed E-state index contributed by atoms with van der Waals surface area (Å²) in [6, 6.07) is 26.7. The molecule has 166 valence electrons. The molecule has 32 heavy (non-hydrogen) atoms. The van der Waals surface area contributed by atoms with Gasteiger partial charge < -0.3 is 15.0 Å². The first kappa shape index (κ1) is 21.9. The lowest BCUT2D eigenvalue weighted by Crippen LogP contribution is -2.45. The maximum absolute atomic E-state index is 12.3. The number of anilines is 2. The number of methoxy groups -OCH3 is 1. The number of hydrogen-bond acceptors (Lipinski definition) is 4. The summed E-state index contributed by atoms with van der Waals surface area (Å²) in [5, 5.41) is 3.01. The highest BCUT2D eigenvalue weighted by atomic mass is 16.5. The number of carbonyl (C=O) groups is 1. The number of nitrogens with zero attached hydrogens (tertiary/aromatic N) is 2. The lowest BCUT2D eigenvalue weighted by atomic mass is 10.1. The molecular formula is C27H31N3O2. The first-order valence-corrected chi connectivity index (χ1v) is 11.2. The zero-order valence-electron chi connectivity index (χ0n) is 18.7. The Morgan fingerprint density at radius 2 is 1.53 bits per heavy atom. The smallest absolute Gasteiger partial charge is 0.224 e. The first-order valence-electron chi connectivity index (χ1n) is 11.2. The molecule has 1 heterocycles. The van der Waals surface area contributed by atoms with E-state index >= 15 is 0 Å². The van der Waals surface area contributed by atoms with E-state index < -0.39 is 0 Å². The fraction of sp³-hybridized carbons (Fsp3) is 0.296. The molecule has 1 aliphatic heterocycles. The van der Waals surface area contributed by atoms with E-state index in [1.54, 1.807) is 7.11 Å². The number of carbonyl (C=O) groups excluding carboxylic acids is 1. The quantitative estimate of drug-likeness (QED) is 0.569. The summed E-state index contributed by atoms with van der Waals surface area (Å²) in [6.45, 7) is 5.15. The van der Waals surface area contributed by atoms with Crippen LogP contribution in [0.5, 0.6) is 5.75 Å². The average Bonchev–Trinajstić information content (AvgIpc) is 2.85. The minimum absolute atomic E-state index is 0.0306. The molecule has 4 rings (SSSR count). The van der Waals surface area contributed by atoms with E-state index in [-0.39, 0.29) is 5.91 Å². The number of rotatable bonds is 8. The van der Waals surface area contributed by atoms with Gasteiger partial charge in [-0.2, -0.15) is 0 Å². The maximum atomic E-state index is 12.3. The number of hydrogen-bond donors (Lipinski definition) is 1. The maximum Gasteiger partial charge on any atom is 0.224 e. The second-order valence-corrected chi connectivity index (χ2v) is 8.19. The zero-order valence-corrected chi connectivity index (χ0v) is 18.7. The largest absolute Gasteiger partial charge is 0.497 e. The van der Waals surface area contributed by atoms with Gasteiger partial charge in [0.05, 0.1) is 7.11 Å². The van der Waals surface area contributed by atoms with Crippen LogP contribution in [-0.2, 0) is 17.8 Å². The molecule has 0 spiro atoms. The van der Waals surface area contributed by atoms with Crippen molar-refractivity contribution in [1.29, 1.82) is 0 Å². The molecule has 1 fully saturated rings. The van der Waals surface area contributed by atoms with Crippen LogP contribution < -0.4 is 15.0 Å². The molecule has 5 heteroatoms. The van der Waals surface area contributed by atoms with Gasteiger partial charge in [-0.25, -0.2) is 0 Å². The summed E-state index contributed by atoms with van der Waals surface area (Å²) < 4.78 is 5.17. The number of aryl methyl sites for hydroxylation is 1. The van der Waals surface area contributed by atoms with E-state index in [0.29, 0.717) is 12.8 Å². The Morgan fingerprint density at radius 1 is 0.844 bits per heavy atom. The standard InChI is InChI=1S/C27H31N3O2/c1-32-26-14-7-22(8-15-26)9-16-27(31)28-24-10-12-25(13-11-24)30-19-17-29(18-20-30)21-23-5-3-2-4-6-23/h2-8,10-15H,9,16-21H2,1H3,(H,28,31). The van der Waals surface area contributed by atoms with Crippen molar-refractivity contribution < 1.29 is 9.53 Å². The van der Waals surface area contributed by atoms with Crippen LogP contribution in [0.1, 0.15) is 17.5 Å². The van der Waals surface area contributed by atoms with Gasteiger partial charge in [0.15, 0.2) is 0 Å². The molecule has 0 aromatic heterocycles. The van der Waals surface area contributed by atoms with Gasteiger partial charge in [-0.15, -0.1) is 0 Å². The normalized spacial score (nSPS) is 14.2. The van der Waals surface area contributed by atoms with Crippen molar-refractivity contribution in [2.45, 2.75) is 19.4 Å². The van der Waals surface area contributed by atoms with Gasteiger partial charge in [-0.05, 0) is 53.9 Å². The van der Waals surface area contributed by atoms with Crippen molar-refractivity contribution in [2.24, 2.45) is 0 Å². The van der Waals surface area contributed by atoms with E-state index in [2.05, 4.69) is 57.6 Å². The predicted octanol–water partition coefficient (Wildman–Crippen LogP) is 4.59. The van der Waals surface area contributed by atoms with E-state index in [1.165, 1.54) is 11.3 Å². The van der Waals surface area contributed by atoms with Crippen molar-refractivity contribution >= 4 is 17.3 Å². The number of nitrogens with one attached hydrogen (secondary N) is 1. The van der Waals surface area contributed by atoms with Crippen LogP contribution in [0.25, 0.3) is 0 Å². The zero-order chi connectivity index (χ0) is 22.2. The Balaban J connectivity index is 1.22. The molecule has 1 amide bonds. The summed E-state index contributed by atoms with van der Waals surface area (Å²) >= 11 is 0. The molecular weight excluding hydrogens is 398 g/mol. The third-order valence-electron chi connectivity index (χ3n) is 5.94. The van der Waals surface area contributed by atoms with Gasteiger partial charge >= 0.3 is 0 Å². The monoisotopic (exact) mass is 429 g/mol. The molecule has 1 N–H and O–H groups in total. The summed E-state index contributed by atoms with van der Waals surface area (Å²) in [7, 11) is 1.65. The Morgan fingerprint density at radius 3 is 2.19 bits per heavy atom. The molecule has 0 radical (unpaired) electrons. The molecule has 1 aliphatic rings. The number of benzene rings is 3. The number of ether oxygens (including phenoxy) is 1. The fourth-order valence-corrected chi connectivity index (χ4v) is 4.03. The molecule has 0 atom stereocenters. The van der Waals surface area contributed by atoms with Gasteiger partial charge in [-0.3, -0.25) is 9.69 Å². The Bertz CT molecular complexity index is 980. The predicted molar refractivity (Wildman–Crippen MR) is 130 cm³/mol. The van der Waals surface area contributed by atoms with Crippen molar-refractivity contribution in [3.63, 3.8) is 0 Å². The molecule has 3 aromatic rings. The summed E-state index contributed by atoms with van der Waals surface area (Å²) in [4.78, 5) is 17.2. The van der Waals surface area contributed by atoms with Crippen LogP contribution in [-0.4, -0.2) is 44.1 Å². The van der Waals surface area contributed by atoms with Gasteiger partial charge in [0, 0.05) is 50.5 Å². The minimum Gasteiger partial charge on any atom is -0.497 e. The van der Waals surface area contributed by atoms with Gasteiger partial charge in [0.2, 0.25) is 5.91 Å². The third-order valence-corrected chi connectivity index (χ3v) is 5.94. The van der Waals surface area contributed by atoms with Crippen molar-refractivity contribution in [1.82, 2.24) is 4.90 Å². The van der Waals surface area contributed by atoms with Crippen molar-refractivity contribution in [3.8, 4) is 5.75 Å². The molecule has 0 aliphatic carbocycles. The molecule has 0 bridgehead atoms. The lowest BCUT2D eigenvalue weighted by molar-refractivity contribution is -0.116. The fourth-order valence-electron chi connectivity index (χ4n) is 4.03. The van der Waals surface area contributed by atoms with Crippen LogP contribution in [0.4, 0.5) is 11.4 Å². The first-order chi connectivity index (χ1) is 15.7. The lowest BCUT2D eigenvalue weighted by Gasteiger charge is -2.36. The molecule has 0 unspecified atom stereocenters. The summed E-state index contributed by atoms with van der Waals surface area (Å²) in [5.41, 5.74) is 4.55. The van der Waals surface area contributed by atoms with E-state index in [9.17, 15) is 4.79 Å². The highest BCUT2D eigenvalue weighted by Gasteiger charge is 2.17. The SMILES string of the molecule is COc1ccc(CCC(=O)Nc2ccc(N3CCN(Cc4ccccc4)CC3)cc2)cc1. The highest BCUT2D eigenvalue weighted by Crippen LogP contribution is 2.21. The number of piperazine rings is 1. The van der Waals surface area contributed by atoms with Gasteiger partial charge in [-0.1, -0.05) is 42.5 Å². The topological polar surface area (TPSA) is 44.8 Å². The average molecular weight is 430 g/mol. The highest BCUT2D eigenvalue weighted by molar-refractivity contribution is 5.91. The van der Waals surface area contributed by atoms with Crippen molar-refractivity contribution in [2.75, 3.05) is 43.5 Å². The Labute approximate surface area is 190 Å². The van der Waals surface area contributed by atoms with Crippen LogP contribution >= 0.6 is 0 Å². The van der Waals surface area contributed by atoms with Crippen LogP contribution in [0.3, 0.4) is 0 Å². The van der Waals surface area contributed by atoms with Gasteiger partial charge in [0.25, 0.3) is 0 Å². The van der Waals surface area contributed by atoms with Crippen LogP contribution in [0, 0.1) is 0 Å². The van der Waals surface area contributed by atoms with E-state index in [4.69, 9.17) is 4.74 Å².